The highest BCUT2D eigenvalue weighted by molar-refractivity contribution is 5.80. The van der Waals surface area contributed by atoms with Crippen LogP contribution in [0.3, 0.4) is 0 Å². The molecule has 1 N–H and O–H groups in total. The fraction of sp³-hybridized carbons (Fsp3) is 0.812. The number of aliphatic carboxylic acids is 1. The number of allylic oxidation sites excluding steroid dienone is 1. The van der Waals surface area contributed by atoms with Crippen molar-refractivity contribution in [2.45, 2.75) is 84.5 Å². The maximum atomic E-state index is 10.8. The maximum Gasteiger partial charge on any atom is 0.328 e. The van der Waals surface area contributed by atoms with E-state index in [-0.39, 0.29) is 0 Å². The normalized spacial score (nSPS) is 11.8. The van der Waals surface area contributed by atoms with E-state index in [4.69, 9.17) is 5.11 Å². The minimum atomic E-state index is -0.783. The molecule has 0 saturated carbocycles. The highest BCUT2D eigenvalue weighted by atomic mass is 16.4. The van der Waals surface area contributed by atoms with E-state index in [1.807, 2.05) is 0 Å². The van der Waals surface area contributed by atoms with Crippen LogP contribution in [0.5, 0.6) is 0 Å². The molecule has 0 unspecified atom stereocenters. The average molecular weight is 254 g/mol. The molecule has 0 radical (unpaired) electrons. The molecule has 18 heavy (non-hydrogen) atoms. The van der Waals surface area contributed by atoms with Gasteiger partial charge in [-0.2, -0.15) is 0 Å². The molecule has 0 heterocycles. The van der Waals surface area contributed by atoms with Gasteiger partial charge < -0.3 is 5.11 Å². The van der Waals surface area contributed by atoms with Crippen molar-refractivity contribution in [1.82, 2.24) is 0 Å². The van der Waals surface area contributed by atoms with Gasteiger partial charge in [-0.3, -0.25) is 0 Å². The summed E-state index contributed by atoms with van der Waals surface area (Å²) in [5.74, 6) is -0.783. The van der Waals surface area contributed by atoms with E-state index in [0.29, 0.717) is 0 Å². The van der Waals surface area contributed by atoms with E-state index < -0.39 is 5.97 Å². The highest BCUT2D eigenvalue weighted by Gasteiger charge is 2.01. The SMILES string of the molecule is CCCCCCC/C(=C/C(=O)O)CCCCCC. The molecule has 0 aliphatic carbocycles. The van der Waals surface area contributed by atoms with Crippen molar-refractivity contribution in [1.29, 1.82) is 0 Å². The summed E-state index contributed by atoms with van der Waals surface area (Å²) >= 11 is 0. The lowest BCUT2D eigenvalue weighted by Crippen LogP contribution is -1.94. The summed E-state index contributed by atoms with van der Waals surface area (Å²) in [7, 11) is 0. The molecule has 0 aromatic carbocycles. The van der Waals surface area contributed by atoms with Crippen LogP contribution < -0.4 is 0 Å². The lowest BCUT2D eigenvalue weighted by molar-refractivity contribution is -0.131. The third kappa shape index (κ3) is 11.7. The topological polar surface area (TPSA) is 37.3 Å². The van der Waals surface area contributed by atoms with E-state index in [2.05, 4.69) is 13.8 Å². The van der Waals surface area contributed by atoms with Gasteiger partial charge in [0.25, 0.3) is 0 Å². The maximum absolute atomic E-state index is 10.8. The van der Waals surface area contributed by atoms with Gasteiger partial charge in [-0.1, -0.05) is 64.4 Å². The third-order valence-electron chi connectivity index (χ3n) is 3.28. The van der Waals surface area contributed by atoms with Crippen molar-refractivity contribution >= 4 is 5.97 Å². The molecule has 0 atom stereocenters. The molecule has 0 aromatic rings. The predicted molar refractivity (Wildman–Crippen MR) is 77.9 cm³/mol. The van der Waals surface area contributed by atoms with Gasteiger partial charge in [0.05, 0.1) is 0 Å². The van der Waals surface area contributed by atoms with Crippen LogP contribution in [-0.2, 0) is 4.79 Å². The van der Waals surface area contributed by atoms with Crippen molar-refractivity contribution in [3.8, 4) is 0 Å². The zero-order valence-electron chi connectivity index (χ0n) is 12.2. The second-order valence-electron chi connectivity index (χ2n) is 5.12. The summed E-state index contributed by atoms with van der Waals surface area (Å²) in [5, 5.41) is 8.85. The number of hydrogen-bond acceptors (Lipinski definition) is 1. The summed E-state index contributed by atoms with van der Waals surface area (Å²) in [6.45, 7) is 4.41. The zero-order valence-corrected chi connectivity index (χ0v) is 12.2. The average Bonchev–Trinajstić information content (AvgIpc) is 2.33. The fourth-order valence-corrected chi connectivity index (χ4v) is 2.18. The first kappa shape index (κ1) is 17.2. The van der Waals surface area contributed by atoms with Crippen LogP contribution in [0.2, 0.25) is 0 Å². The molecule has 0 rings (SSSR count). The molecule has 0 saturated heterocycles. The molecule has 2 heteroatoms. The van der Waals surface area contributed by atoms with Gasteiger partial charge in [-0.25, -0.2) is 4.79 Å². The molecule has 0 amide bonds. The number of hydrogen-bond donors (Lipinski definition) is 1. The second kappa shape index (κ2) is 12.7. The standard InChI is InChI=1S/C16H30O2/c1-3-5-7-9-11-13-15(14-16(17)18)12-10-8-6-4-2/h14H,3-13H2,1-2H3,(H,17,18)/b15-14+. The lowest BCUT2D eigenvalue weighted by Gasteiger charge is -2.06. The van der Waals surface area contributed by atoms with Crippen molar-refractivity contribution in [3.63, 3.8) is 0 Å². The Kier molecular flexibility index (Phi) is 12.1. The van der Waals surface area contributed by atoms with E-state index >= 15 is 0 Å². The third-order valence-corrected chi connectivity index (χ3v) is 3.28. The minimum absolute atomic E-state index is 0.783. The van der Waals surface area contributed by atoms with Crippen LogP contribution in [0, 0.1) is 0 Å². The molecule has 0 aliphatic heterocycles. The minimum Gasteiger partial charge on any atom is -0.478 e. The van der Waals surface area contributed by atoms with E-state index in [0.717, 1.165) is 31.3 Å². The Morgan fingerprint density at radius 3 is 1.72 bits per heavy atom. The van der Waals surface area contributed by atoms with Gasteiger partial charge >= 0.3 is 5.97 Å². The summed E-state index contributed by atoms with van der Waals surface area (Å²) in [6, 6.07) is 0. The van der Waals surface area contributed by atoms with Crippen molar-refractivity contribution < 1.29 is 9.90 Å². The Labute approximate surface area is 112 Å². The number of carboxylic acids is 1. The molecule has 106 valence electrons. The van der Waals surface area contributed by atoms with Crippen molar-refractivity contribution in [3.05, 3.63) is 11.6 Å². The van der Waals surface area contributed by atoms with Crippen LogP contribution >= 0.6 is 0 Å². The summed E-state index contributed by atoms with van der Waals surface area (Å²) < 4.78 is 0. The first-order valence-corrected chi connectivity index (χ1v) is 7.63. The van der Waals surface area contributed by atoms with Crippen molar-refractivity contribution in [2.75, 3.05) is 0 Å². The van der Waals surface area contributed by atoms with Gasteiger partial charge in [0, 0.05) is 6.08 Å². The molecule has 0 aromatic heterocycles. The van der Waals surface area contributed by atoms with Gasteiger partial charge in [0.15, 0.2) is 0 Å². The lowest BCUT2D eigenvalue weighted by atomic mass is 10.00. The Hall–Kier alpha value is -0.790. The van der Waals surface area contributed by atoms with Crippen molar-refractivity contribution in [2.24, 2.45) is 0 Å². The first-order chi connectivity index (χ1) is 8.70. The Morgan fingerprint density at radius 2 is 1.28 bits per heavy atom. The molecular weight excluding hydrogens is 224 g/mol. The van der Waals surface area contributed by atoms with Crippen LogP contribution in [-0.4, -0.2) is 11.1 Å². The first-order valence-electron chi connectivity index (χ1n) is 7.63. The highest BCUT2D eigenvalue weighted by Crippen LogP contribution is 2.17. The molecule has 0 bridgehead atoms. The van der Waals surface area contributed by atoms with Gasteiger partial charge in [-0.15, -0.1) is 0 Å². The number of carboxylic acid groups (broad SMARTS) is 1. The van der Waals surface area contributed by atoms with Gasteiger partial charge in [-0.05, 0) is 25.7 Å². The fourth-order valence-electron chi connectivity index (χ4n) is 2.18. The van der Waals surface area contributed by atoms with Gasteiger partial charge in [0.2, 0.25) is 0 Å². The molecule has 0 aliphatic rings. The summed E-state index contributed by atoms with van der Waals surface area (Å²) in [5.41, 5.74) is 1.13. The van der Waals surface area contributed by atoms with E-state index in [1.54, 1.807) is 0 Å². The smallest absolute Gasteiger partial charge is 0.328 e. The quantitative estimate of drug-likeness (QED) is 0.377. The monoisotopic (exact) mass is 254 g/mol. The Morgan fingerprint density at radius 1 is 0.833 bits per heavy atom. The van der Waals surface area contributed by atoms with Crippen LogP contribution in [0.4, 0.5) is 0 Å². The summed E-state index contributed by atoms with van der Waals surface area (Å²) in [4.78, 5) is 10.8. The molecule has 2 nitrogen and oxygen atoms in total. The van der Waals surface area contributed by atoms with Crippen LogP contribution in [0.1, 0.15) is 84.5 Å². The number of unbranched alkanes of at least 4 members (excludes halogenated alkanes) is 7. The Balaban J connectivity index is 3.82. The zero-order chi connectivity index (χ0) is 13.6. The van der Waals surface area contributed by atoms with E-state index in [1.165, 1.54) is 51.0 Å². The summed E-state index contributed by atoms with van der Waals surface area (Å²) in [6.07, 6.45) is 14.5. The van der Waals surface area contributed by atoms with E-state index in [9.17, 15) is 4.79 Å². The van der Waals surface area contributed by atoms with Crippen LogP contribution in [0.15, 0.2) is 11.6 Å². The van der Waals surface area contributed by atoms with Gasteiger partial charge in [0.1, 0.15) is 0 Å². The molecule has 0 fully saturated rings. The predicted octanol–water partition coefficient (Wildman–Crippen LogP) is 5.33. The molecule has 0 spiro atoms. The molecular formula is C16H30O2. The number of rotatable bonds is 12. The largest absolute Gasteiger partial charge is 0.478 e. The number of carbonyl (C=O) groups is 1. The Bertz CT molecular complexity index is 231. The second-order valence-corrected chi connectivity index (χ2v) is 5.12. The van der Waals surface area contributed by atoms with Crippen LogP contribution in [0.25, 0.3) is 0 Å².